The Morgan fingerprint density at radius 3 is 2.84 bits per heavy atom. The first-order chi connectivity index (χ1) is 11.9. The monoisotopic (exact) mass is 362 g/mol. The molecule has 8 heteroatoms. The molecule has 0 unspecified atom stereocenters. The van der Waals surface area contributed by atoms with Crippen molar-refractivity contribution >= 4 is 26.6 Å². The van der Waals surface area contributed by atoms with Crippen LogP contribution in [0, 0.1) is 5.92 Å². The average Bonchev–Trinajstić information content (AvgIpc) is 3.23. The van der Waals surface area contributed by atoms with Gasteiger partial charge in [0.1, 0.15) is 0 Å². The lowest BCUT2D eigenvalue weighted by Crippen LogP contribution is -2.39. The van der Waals surface area contributed by atoms with Crippen LogP contribution in [-0.4, -0.2) is 78.6 Å². The molecule has 2 aliphatic rings. The highest BCUT2D eigenvalue weighted by atomic mass is 32.2. The third-order valence-corrected chi connectivity index (χ3v) is 7.78. The van der Waals surface area contributed by atoms with Gasteiger partial charge in [-0.25, -0.2) is 8.42 Å². The quantitative estimate of drug-likeness (QED) is 0.848. The standard InChI is InChI=1S/C17H22N4O3S/c1-20(2)15-10-25(23,24)16-9-21(8-12(15)16)17(22)7-14-11-5-3-4-6-13(11)18-19-14/h3-6,12,15-16H,7-10H2,1-2H3,(H,18,19)/t12-,15+,16-/m0/s1. The molecule has 2 aliphatic heterocycles. The summed E-state index contributed by atoms with van der Waals surface area (Å²) < 4.78 is 24.9. The number of carbonyl (C=O) groups is 1. The van der Waals surface area contributed by atoms with E-state index in [4.69, 9.17) is 0 Å². The van der Waals surface area contributed by atoms with Crippen molar-refractivity contribution in [2.75, 3.05) is 32.9 Å². The molecular formula is C17H22N4O3S. The summed E-state index contributed by atoms with van der Waals surface area (Å²) >= 11 is 0. The van der Waals surface area contributed by atoms with Gasteiger partial charge in [0.05, 0.1) is 28.6 Å². The van der Waals surface area contributed by atoms with Gasteiger partial charge in [-0.15, -0.1) is 0 Å². The highest BCUT2D eigenvalue weighted by molar-refractivity contribution is 7.92. The van der Waals surface area contributed by atoms with Crippen LogP contribution in [0.4, 0.5) is 0 Å². The molecule has 0 radical (unpaired) electrons. The van der Waals surface area contributed by atoms with Gasteiger partial charge in [0.25, 0.3) is 0 Å². The number of nitrogens with zero attached hydrogens (tertiary/aromatic N) is 3. The van der Waals surface area contributed by atoms with Crippen LogP contribution >= 0.6 is 0 Å². The van der Waals surface area contributed by atoms with E-state index in [-0.39, 0.29) is 30.0 Å². The SMILES string of the molecule is CN(C)[C@@H]1CS(=O)(=O)[C@H]2CN(C(=O)Cc3[nH]nc4ccccc34)C[C@@H]12. The molecule has 0 saturated carbocycles. The molecule has 2 fully saturated rings. The summed E-state index contributed by atoms with van der Waals surface area (Å²) in [6, 6.07) is 7.64. The predicted octanol–water partition coefficient (Wildman–Crippen LogP) is 0.291. The van der Waals surface area contributed by atoms with E-state index >= 15 is 0 Å². The number of hydrogen-bond acceptors (Lipinski definition) is 5. The summed E-state index contributed by atoms with van der Waals surface area (Å²) in [6.45, 7) is 0.819. The molecule has 1 N–H and O–H groups in total. The largest absolute Gasteiger partial charge is 0.341 e. The first kappa shape index (κ1) is 16.5. The second-order valence-electron chi connectivity index (χ2n) is 7.26. The summed E-state index contributed by atoms with van der Waals surface area (Å²) in [4.78, 5) is 16.4. The smallest absolute Gasteiger partial charge is 0.228 e. The molecule has 0 bridgehead atoms. The van der Waals surface area contributed by atoms with Gasteiger partial charge < -0.3 is 9.80 Å². The second-order valence-corrected chi connectivity index (χ2v) is 9.52. The van der Waals surface area contributed by atoms with E-state index in [0.29, 0.717) is 13.1 Å². The van der Waals surface area contributed by atoms with Crippen molar-refractivity contribution in [1.29, 1.82) is 0 Å². The number of hydrogen-bond donors (Lipinski definition) is 1. The van der Waals surface area contributed by atoms with Gasteiger partial charge in [0.15, 0.2) is 9.84 Å². The van der Waals surface area contributed by atoms with Crippen LogP contribution in [0.2, 0.25) is 0 Å². The van der Waals surface area contributed by atoms with Crippen LogP contribution in [0.5, 0.6) is 0 Å². The minimum atomic E-state index is -3.14. The van der Waals surface area contributed by atoms with Gasteiger partial charge in [-0.3, -0.25) is 9.89 Å². The van der Waals surface area contributed by atoms with Crippen LogP contribution < -0.4 is 0 Å². The van der Waals surface area contributed by atoms with E-state index in [9.17, 15) is 13.2 Å². The number of H-pyrrole nitrogens is 1. The van der Waals surface area contributed by atoms with E-state index in [1.165, 1.54) is 0 Å². The lowest BCUT2D eigenvalue weighted by atomic mass is 10.00. The number of aromatic amines is 1. The number of fused-ring (bicyclic) bond motifs is 2. The maximum absolute atomic E-state index is 12.7. The number of benzene rings is 1. The molecule has 3 atom stereocenters. The number of aromatic nitrogens is 2. The van der Waals surface area contributed by atoms with Crippen LogP contribution in [0.15, 0.2) is 24.3 Å². The van der Waals surface area contributed by atoms with Crippen molar-refractivity contribution < 1.29 is 13.2 Å². The molecule has 7 nitrogen and oxygen atoms in total. The number of likely N-dealkylation sites (tertiary alicyclic amines) is 1. The Balaban J connectivity index is 1.53. The zero-order valence-electron chi connectivity index (χ0n) is 14.3. The van der Waals surface area contributed by atoms with E-state index in [0.717, 1.165) is 16.6 Å². The van der Waals surface area contributed by atoms with Crippen LogP contribution in [0.3, 0.4) is 0 Å². The number of rotatable bonds is 3. The van der Waals surface area contributed by atoms with Crippen molar-refractivity contribution in [2.45, 2.75) is 17.7 Å². The van der Waals surface area contributed by atoms with E-state index in [2.05, 4.69) is 10.2 Å². The number of nitrogens with one attached hydrogen (secondary N) is 1. The number of para-hydroxylation sites is 1. The molecule has 25 heavy (non-hydrogen) atoms. The molecule has 4 rings (SSSR count). The molecule has 1 amide bonds. The molecule has 1 aromatic heterocycles. The minimum absolute atomic E-state index is 0.00228. The number of amides is 1. The van der Waals surface area contributed by atoms with Crippen molar-refractivity contribution in [1.82, 2.24) is 20.0 Å². The van der Waals surface area contributed by atoms with Crippen LogP contribution in [-0.2, 0) is 21.1 Å². The second kappa shape index (κ2) is 5.81. The third kappa shape index (κ3) is 2.73. The normalized spacial score (nSPS) is 28.0. The Bertz CT molecular complexity index is 921. The lowest BCUT2D eigenvalue weighted by Gasteiger charge is -2.25. The zero-order chi connectivity index (χ0) is 17.8. The molecular weight excluding hydrogens is 340 g/mol. The van der Waals surface area contributed by atoms with Gasteiger partial charge in [0, 0.05) is 30.4 Å². The molecule has 3 heterocycles. The zero-order valence-corrected chi connectivity index (χ0v) is 15.2. The molecule has 134 valence electrons. The van der Waals surface area contributed by atoms with Gasteiger partial charge >= 0.3 is 0 Å². The molecule has 0 aliphatic carbocycles. The number of carbonyl (C=O) groups excluding carboxylic acids is 1. The lowest BCUT2D eigenvalue weighted by molar-refractivity contribution is -0.129. The highest BCUT2D eigenvalue weighted by Crippen LogP contribution is 2.36. The van der Waals surface area contributed by atoms with Crippen LogP contribution in [0.1, 0.15) is 5.69 Å². The van der Waals surface area contributed by atoms with Crippen LogP contribution in [0.25, 0.3) is 10.9 Å². The summed E-state index contributed by atoms with van der Waals surface area (Å²) in [5.41, 5.74) is 1.61. The Morgan fingerprint density at radius 2 is 2.08 bits per heavy atom. The molecule has 2 saturated heterocycles. The predicted molar refractivity (Wildman–Crippen MR) is 94.9 cm³/mol. The van der Waals surface area contributed by atoms with Crippen molar-refractivity contribution in [3.63, 3.8) is 0 Å². The highest BCUT2D eigenvalue weighted by Gasteiger charge is 2.53. The fraction of sp³-hybridized carbons (Fsp3) is 0.529. The Hall–Kier alpha value is -1.93. The van der Waals surface area contributed by atoms with E-state index in [1.54, 1.807) is 4.90 Å². The Labute approximate surface area is 146 Å². The van der Waals surface area contributed by atoms with Crippen molar-refractivity contribution in [3.05, 3.63) is 30.0 Å². The Kier molecular flexibility index (Phi) is 3.84. The van der Waals surface area contributed by atoms with Gasteiger partial charge in [-0.2, -0.15) is 5.10 Å². The maximum atomic E-state index is 12.7. The first-order valence-corrected chi connectivity index (χ1v) is 10.2. The summed E-state index contributed by atoms with van der Waals surface area (Å²) in [7, 11) is 0.676. The van der Waals surface area contributed by atoms with Gasteiger partial charge in [-0.05, 0) is 20.2 Å². The molecule has 1 aromatic carbocycles. The van der Waals surface area contributed by atoms with Gasteiger partial charge in [-0.1, -0.05) is 18.2 Å². The van der Waals surface area contributed by atoms with Crippen molar-refractivity contribution in [3.8, 4) is 0 Å². The molecule has 0 spiro atoms. The van der Waals surface area contributed by atoms with E-state index < -0.39 is 15.1 Å². The molecule has 2 aromatic rings. The average molecular weight is 362 g/mol. The first-order valence-electron chi connectivity index (χ1n) is 8.44. The minimum Gasteiger partial charge on any atom is -0.341 e. The summed E-state index contributed by atoms with van der Waals surface area (Å²) in [5, 5.41) is 7.66. The fourth-order valence-corrected chi connectivity index (χ4v) is 6.66. The van der Waals surface area contributed by atoms with E-state index in [1.807, 2.05) is 43.3 Å². The number of sulfone groups is 1. The maximum Gasteiger partial charge on any atom is 0.228 e. The topological polar surface area (TPSA) is 86.4 Å². The summed E-state index contributed by atoms with van der Waals surface area (Å²) in [5.74, 6) is 0.154. The Morgan fingerprint density at radius 1 is 1.32 bits per heavy atom. The van der Waals surface area contributed by atoms with Gasteiger partial charge in [0.2, 0.25) is 5.91 Å². The summed E-state index contributed by atoms with van der Waals surface area (Å²) in [6.07, 6.45) is 0.215. The fourth-order valence-electron chi connectivity index (χ4n) is 4.18. The van der Waals surface area contributed by atoms with Crippen molar-refractivity contribution in [2.24, 2.45) is 5.92 Å². The third-order valence-electron chi connectivity index (χ3n) is 5.55.